The molecule has 0 saturated heterocycles. The smallest absolute Gasteiger partial charge is 0.164 e. The second kappa shape index (κ2) is 12.2. The average molecular weight is 686 g/mol. The summed E-state index contributed by atoms with van der Waals surface area (Å²) in [5, 5.41) is 14.6. The molecule has 0 saturated carbocycles. The highest BCUT2D eigenvalue weighted by molar-refractivity contribution is 6.19. The lowest BCUT2D eigenvalue weighted by Crippen LogP contribution is -2.00. The van der Waals surface area contributed by atoms with E-state index < -0.39 is 0 Å². The summed E-state index contributed by atoms with van der Waals surface area (Å²) >= 11 is 0. The molecular weight excluding hydrogens is 655 g/mol. The minimum Gasteiger partial charge on any atom is -0.208 e. The predicted molar refractivity (Wildman–Crippen MR) is 227 cm³/mol. The minimum atomic E-state index is 0.641. The third-order valence-electron chi connectivity index (χ3n) is 10.9. The first-order valence-corrected chi connectivity index (χ1v) is 18.3. The van der Waals surface area contributed by atoms with Crippen molar-refractivity contribution in [1.29, 1.82) is 0 Å². The van der Waals surface area contributed by atoms with Gasteiger partial charge in [0.2, 0.25) is 0 Å². The molecule has 0 radical (unpaired) electrons. The Morgan fingerprint density at radius 1 is 0.204 bits per heavy atom. The molecular formula is C51H31N3. The van der Waals surface area contributed by atoms with Crippen LogP contribution in [0.1, 0.15) is 0 Å². The zero-order valence-electron chi connectivity index (χ0n) is 29.2. The first-order chi connectivity index (χ1) is 26.7. The van der Waals surface area contributed by atoms with Crippen LogP contribution < -0.4 is 0 Å². The van der Waals surface area contributed by atoms with Crippen molar-refractivity contribution in [3.8, 4) is 45.3 Å². The Hall–Kier alpha value is -7.23. The SMILES string of the molecule is c1ccc(-c2ccc(-c3nc(-c4ccc5ccc6c7ccccc7ccc6c5c4)nc(-c4ccc5ccc6c7ccccc7ccc6c5c4)n3)cc2)cc1. The van der Waals surface area contributed by atoms with E-state index in [0.29, 0.717) is 17.5 Å². The van der Waals surface area contributed by atoms with Crippen molar-refractivity contribution in [3.63, 3.8) is 0 Å². The van der Waals surface area contributed by atoms with Gasteiger partial charge in [0.1, 0.15) is 0 Å². The number of rotatable bonds is 4. The van der Waals surface area contributed by atoms with Crippen LogP contribution in [0.25, 0.3) is 110 Å². The van der Waals surface area contributed by atoms with Crippen LogP contribution in [0.4, 0.5) is 0 Å². The number of hydrogen-bond donors (Lipinski definition) is 0. The fourth-order valence-corrected chi connectivity index (χ4v) is 8.12. The van der Waals surface area contributed by atoms with Crippen LogP contribution >= 0.6 is 0 Å². The summed E-state index contributed by atoms with van der Waals surface area (Å²) in [5.41, 5.74) is 5.17. The zero-order chi connectivity index (χ0) is 35.6. The van der Waals surface area contributed by atoms with E-state index in [-0.39, 0.29) is 0 Å². The van der Waals surface area contributed by atoms with Crippen molar-refractivity contribution < 1.29 is 0 Å². The molecule has 0 fully saturated rings. The number of benzene rings is 10. The second-order valence-electron chi connectivity index (χ2n) is 14.0. The summed E-state index contributed by atoms with van der Waals surface area (Å²) in [6.45, 7) is 0. The molecule has 0 spiro atoms. The van der Waals surface area contributed by atoms with Crippen LogP contribution in [0.3, 0.4) is 0 Å². The maximum atomic E-state index is 5.22. The first kappa shape index (κ1) is 30.4. The normalized spacial score (nSPS) is 11.7. The minimum absolute atomic E-state index is 0.641. The lowest BCUT2D eigenvalue weighted by molar-refractivity contribution is 1.08. The summed E-state index contributed by atoms with van der Waals surface area (Å²) in [6, 6.07) is 67.1. The Labute approximate surface area is 311 Å². The van der Waals surface area contributed by atoms with Crippen LogP contribution in [0.2, 0.25) is 0 Å². The molecule has 10 aromatic carbocycles. The van der Waals surface area contributed by atoms with Gasteiger partial charge in [-0.25, -0.2) is 15.0 Å². The molecule has 0 N–H and O–H groups in total. The Morgan fingerprint density at radius 2 is 0.537 bits per heavy atom. The van der Waals surface area contributed by atoms with Gasteiger partial charge in [0.25, 0.3) is 0 Å². The molecule has 0 aliphatic heterocycles. The molecule has 0 unspecified atom stereocenters. The Kier molecular flexibility index (Phi) is 6.86. The third kappa shape index (κ3) is 5.02. The highest BCUT2D eigenvalue weighted by Gasteiger charge is 2.15. The Morgan fingerprint density at radius 3 is 1.04 bits per heavy atom. The lowest BCUT2D eigenvalue weighted by Gasteiger charge is -2.12. The van der Waals surface area contributed by atoms with Crippen LogP contribution in [0.5, 0.6) is 0 Å². The van der Waals surface area contributed by atoms with Crippen molar-refractivity contribution in [2.24, 2.45) is 0 Å². The van der Waals surface area contributed by atoms with Crippen LogP contribution in [0.15, 0.2) is 188 Å². The van der Waals surface area contributed by atoms with Crippen molar-refractivity contribution >= 4 is 64.6 Å². The summed E-state index contributed by atoms with van der Waals surface area (Å²) in [7, 11) is 0. The molecule has 3 heteroatoms. The van der Waals surface area contributed by atoms with Gasteiger partial charge in [-0.05, 0) is 87.9 Å². The number of nitrogens with zero attached hydrogens (tertiary/aromatic N) is 3. The van der Waals surface area contributed by atoms with E-state index in [9.17, 15) is 0 Å². The Balaban J connectivity index is 1.11. The molecule has 11 aromatic rings. The quantitative estimate of drug-likeness (QED) is 0.173. The molecule has 0 atom stereocenters. The molecule has 54 heavy (non-hydrogen) atoms. The molecule has 1 aromatic heterocycles. The highest BCUT2D eigenvalue weighted by atomic mass is 15.0. The third-order valence-corrected chi connectivity index (χ3v) is 10.9. The summed E-state index contributed by atoms with van der Waals surface area (Å²) < 4.78 is 0. The number of aromatic nitrogens is 3. The predicted octanol–water partition coefficient (Wildman–Crippen LogP) is 13.5. The van der Waals surface area contributed by atoms with Gasteiger partial charge in [0.05, 0.1) is 0 Å². The Bertz CT molecular complexity index is 3080. The molecule has 0 aliphatic rings. The fourth-order valence-electron chi connectivity index (χ4n) is 8.12. The van der Waals surface area contributed by atoms with Gasteiger partial charge < -0.3 is 0 Å². The molecule has 11 rings (SSSR count). The molecule has 0 aliphatic carbocycles. The fraction of sp³-hybridized carbons (Fsp3) is 0. The zero-order valence-corrected chi connectivity index (χ0v) is 29.2. The van der Waals surface area contributed by atoms with Crippen molar-refractivity contribution in [2.75, 3.05) is 0 Å². The molecule has 0 amide bonds. The number of fused-ring (bicyclic) bond motifs is 10. The van der Waals surface area contributed by atoms with E-state index in [1.54, 1.807) is 0 Å². The average Bonchev–Trinajstić information content (AvgIpc) is 3.25. The summed E-state index contributed by atoms with van der Waals surface area (Å²) in [6.07, 6.45) is 0. The van der Waals surface area contributed by atoms with E-state index >= 15 is 0 Å². The summed E-state index contributed by atoms with van der Waals surface area (Å²) in [4.78, 5) is 15.5. The van der Waals surface area contributed by atoms with Crippen molar-refractivity contribution in [2.45, 2.75) is 0 Å². The van der Waals surface area contributed by atoms with E-state index in [0.717, 1.165) is 22.3 Å². The van der Waals surface area contributed by atoms with E-state index in [4.69, 9.17) is 15.0 Å². The standard InChI is InChI=1S/C51H31N3/c1-2-8-32(9-3-1)33-14-18-38(19-15-33)49-52-50(39-20-16-36-24-26-43-41-12-6-4-10-34(41)22-28-45(43)47(36)30-39)54-51(53-49)40-21-17-37-25-27-44-42-13-7-5-11-35(42)23-29-46(44)48(37)31-40/h1-31H. The highest BCUT2D eigenvalue weighted by Crippen LogP contribution is 2.36. The summed E-state index contributed by atoms with van der Waals surface area (Å²) in [5.74, 6) is 1.93. The molecule has 0 bridgehead atoms. The van der Waals surface area contributed by atoms with Gasteiger partial charge in [-0.3, -0.25) is 0 Å². The van der Waals surface area contributed by atoms with Gasteiger partial charge in [-0.2, -0.15) is 0 Å². The van der Waals surface area contributed by atoms with Crippen molar-refractivity contribution in [1.82, 2.24) is 15.0 Å². The molecule has 3 nitrogen and oxygen atoms in total. The van der Waals surface area contributed by atoms with E-state index in [1.807, 2.05) is 6.07 Å². The lowest BCUT2D eigenvalue weighted by atomic mass is 9.95. The maximum Gasteiger partial charge on any atom is 0.164 e. The van der Waals surface area contributed by atoms with Crippen LogP contribution in [0, 0.1) is 0 Å². The first-order valence-electron chi connectivity index (χ1n) is 18.3. The van der Waals surface area contributed by atoms with Crippen molar-refractivity contribution in [3.05, 3.63) is 188 Å². The van der Waals surface area contributed by atoms with Crippen LogP contribution in [-0.4, -0.2) is 15.0 Å². The van der Waals surface area contributed by atoms with E-state index in [2.05, 4.69) is 182 Å². The topological polar surface area (TPSA) is 38.7 Å². The van der Waals surface area contributed by atoms with Gasteiger partial charge in [-0.1, -0.05) is 176 Å². The monoisotopic (exact) mass is 685 g/mol. The van der Waals surface area contributed by atoms with Crippen LogP contribution in [-0.2, 0) is 0 Å². The second-order valence-corrected chi connectivity index (χ2v) is 14.0. The molecule has 250 valence electrons. The van der Waals surface area contributed by atoms with Gasteiger partial charge in [-0.15, -0.1) is 0 Å². The maximum absolute atomic E-state index is 5.22. The molecule has 1 heterocycles. The van der Waals surface area contributed by atoms with E-state index in [1.165, 1.54) is 70.2 Å². The largest absolute Gasteiger partial charge is 0.208 e. The van der Waals surface area contributed by atoms with Gasteiger partial charge in [0.15, 0.2) is 17.5 Å². The number of hydrogen-bond acceptors (Lipinski definition) is 3. The van der Waals surface area contributed by atoms with Gasteiger partial charge >= 0.3 is 0 Å². The van der Waals surface area contributed by atoms with Gasteiger partial charge in [0, 0.05) is 16.7 Å².